The number of nitrogens with one attached hydrogen (secondary N) is 1. The molecule has 3 aromatic rings. The van der Waals surface area contributed by atoms with Crippen LogP contribution in [0.4, 0.5) is 0 Å². The first-order valence-electron chi connectivity index (χ1n) is 8.67. The van der Waals surface area contributed by atoms with Crippen LogP contribution in [0.2, 0.25) is 0 Å². The van der Waals surface area contributed by atoms with Crippen molar-refractivity contribution in [3.8, 4) is 5.75 Å². The molecule has 0 saturated heterocycles. The fourth-order valence-electron chi connectivity index (χ4n) is 2.47. The van der Waals surface area contributed by atoms with Crippen molar-refractivity contribution in [3.63, 3.8) is 0 Å². The number of hydrazone groups is 1. The van der Waals surface area contributed by atoms with E-state index in [0.29, 0.717) is 22.4 Å². The zero-order valence-electron chi connectivity index (χ0n) is 15.6. The third-order valence-electron chi connectivity index (χ3n) is 3.74. The smallest absolute Gasteiger partial charge is 0.344 e. The van der Waals surface area contributed by atoms with Crippen LogP contribution >= 0.6 is 54.5 Å². The van der Waals surface area contributed by atoms with Crippen LogP contribution < -0.4 is 10.2 Å². The highest BCUT2D eigenvalue weighted by atomic mass is 127. The van der Waals surface area contributed by atoms with E-state index < -0.39 is 11.9 Å². The Kier molecular flexibility index (Phi) is 7.89. The van der Waals surface area contributed by atoms with Gasteiger partial charge in [-0.3, -0.25) is 4.79 Å². The van der Waals surface area contributed by atoms with Crippen LogP contribution in [0.5, 0.6) is 5.75 Å². The quantitative estimate of drug-likeness (QED) is 0.163. The zero-order valence-corrected chi connectivity index (χ0v) is 20.9. The van der Waals surface area contributed by atoms with Gasteiger partial charge in [-0.2, -0.15) is 5.10 Å². The first kappa shape index (κ1) is 22.8. The molecule has 30 heavy (non-hydrogen) atoms. The highest BCUT2D eigenvalue weighted by molar-refractivity contribution is 14.1. The van der Waals surface area contributed by atoms with Gasteiger partial charge in [0.25, 0.3) is 0 Å². The van der Waals surface area contributed by atoms with Crippen molar-refractivity contribution < 1.29 is 23.5 Å². The summed E-state index contributed by atoms with van der Waals surface area (Å²) >= 11 is 8.89. The predicted octanol–water partition coefficient (Wildman–Crippen LogP) is 5.27. The second kappa shape index (κ2) is 10.4. The number of carbonyl (C=O) groups excluding carboxylic acids is 2. The highest BCUT2D eigenvalue weighted by Crippen LogP contribution is 2.31. The minimum absolute atomic E-state index is 0.165. The summed E-state index contributed by atoms with van der Waals surface area (Å²) in [4.78, 5) is 23.7. The van der Waals surface area contributed by atoms with Gasteiger partial charge in [0.05, 0.1) is 20.9 Å². The summed E-state index contributed by atoms with van der Waals surface area (Å²) < 4.78 is 18.2. The van der Waals surface area contributed by atoms with Crippen molar-refractivity contribution in [1.82, 2.24) is 5.43 Å². The Morgan fingerprint density at radius 2 is 2.03 bits per heavy atom. The van der Waals surface area contributed by atoms with Crippen molar-refractivity contribution in [2.24, 2.45) is 5.10 Å². The van der Waals surface area contributed by atoms with Crippen LogP contribution in [0, 0.1) is 3.57 Å². The van der Waals surface area contributed by atoms with E-state index in [-0.39, 0.29) is 12.4 Å². The van der Waals surface area contributed by atoms with Crippen molar-refractivity contribution in [2.75, 3.05) is 13.2 Å². The summed E-state index contributed by atoms with van der Waals surface area (Å²) in [6.07, 6.45) is 1.50. The fraction of sp³-hybridized carbons (Fsp3) is 0.150. The largest absolute Gasteiger partial charge is 0.480 e. The first-order chi connectivity index (χ1) is 14.4. The molecule has 7 nitrogen and oxygen atoms in total. The summed E-state index contributed by atoms with van der Waals surface area (Å²) in [6, 6.07) is 10.7. The van der Waals surface area contributed by atoms with Gasteiger partial charge in [-0.1, -0.05) is 15.9 Å². The molecule has 0 bridgehead atoms. The van der Waals surface area contributed by atoms with E-state index in [1.54, 1.807) is 31.2 Å². The number of carbonyl (C=O) groups is 2. The van der Waals surface area contributed by atoms with Gasteiger partial charge in [0, 0.05) is 9.86 Å². The number of benzene rings is 2. The lowest BCUT2D eigenvalue weighted by molar-refractivity contribution is -0.145. The molecule has 2 aromatic carbocycles. The molecule has 0 saturated carbocycles. The van der Waals surface area contributed by atoms with Crippen LogP contribution in [-0.4, -0.2) is 31.3 Å². The summed E-state index contributed by atoms with van der Waals surface area (Å²) in [5.41, 5.74) is 3.79. The monoisotopic (exact) mass is 648 g/mol. The van der Waals surface area contributed by atoms with Gasteiger partial charge in [0.15, 0.2) is 12.4 Å². The zero-order chi connectivity index (χ0) is 21.7. The average Bonchev–Trinajstić information content (AvgIpc) is 3.11. The number of hydrogen-bond donors (Lipinski definition) is 1. The van der Waals surface area contributed by atoms with E-state index in [1.807, 2.05) is 12.1 Å². The van der Waals surface area contributed by atoms with E-state index in [1.165, 1.54) is 6.21 Å². The summed E-state index contributed by atoms with van der Waals surface area (Å²) in [6.45, 7) is 1.85. The average molecular weight is 650 g/mol. The minimum Gasteiger partial charge on any atom is -0.480 e. The Hall–Kier alpha value is -1.92. The third-order valence-corrected chi connectivity index (χ3v) is 5.63. The molecule has 0 atom stereocenters. The minimum atomic E-state index is -0.457. The number of rotatable bonds is 7. The first-order valence-corrected chi connectivity index (χ1v) is 11.3. The van der Waals surface area contributed by atoms with Crippen molar-refractivity contribution in [1.29, 1.82) is 0 Å². The number of furan rings is 1. The number of fused-ring (bicyclic) bond motifs is 1. The molecular formula is C20H15Br2IN2O5. The van der Waals surface area contributed by atoms with E-state index in [0.717, 1.165) is 19.0 Å². The van der Waals surface area contributed by atoms with E-state index >= 15 is 0 Å². The van der Waals surface area contributed by atoms with Gasteiger partial charge in [0.1, 0.15) is 11.3 Å². The second-order valence-corrected chi connectivity index (χ2v) is 8.83. The number of amides is 1. The lowest BCUT2D eigenvalue weighted by Crippen LogP contribution is -2.16. The third kappa shape index (κ3) is 5.82. The molecule has 0 aliphatic heterocycles. The maximum atomic E-state index is 12.3. The van der Waals surface area contributed by atoms with Gasteiger partial charge < -0.3 is 13.9 Å². The molecule has 0 unspecified atom stereocenters. The maximum absolute atomic E-state index is 12.3. The Bertz CT molecular complexity index is 1110. The number of halogens is 3. The summed E-state index contributed by atoms with van der Waals surface area (Å²) in [7, 11) is 0. The molecular weight excluding hydrogens is 635 g/mol. The molecule has 0 spiro atoms. The number of ether oxygens (including phenoxy) is 2. The van der Waals surface area contributed by atoms with Gasteiger partial charge in [0.2, 0.25) is 0 Å². The molecule has 0 radical (unpaired) electrons. The van der Waals surface area contributed by atoms with Crippen LogP contribution in [0.1, 0.15) is 23.0 Å². The lowest BCUT2D eigenvalue weighted by Gasteiger charge is -2.10. The van der Waals surface area contributed by atoms with Crippen LogP contribution in [0.3, 0.4) is 0 Å². The van der Waals surface area contributed by atoms with Crippen LogP contribution in [0.25, 0.3) is 11.0 Å². The fourth-order valence-corrected chi connectivity index (χ4v) is 4.62. The molecule has 3 rings (SSSR count). The topological polar surface area (TPSA) is 90.1 Å². The molecule has 10 heteroatoms. The standard InChI is InChI=1S/C20H15Br2IN2O5/c1-2-28-18(26)10-29-19-14(22)5-11(6-15(19)23)9-24-25-20(27)17-8-12-7-13(21)3-4-16(12)30-17/h3-9H,2,10H2,1H3,(H,25,27)/b24-9+. The van der Waals surface area contributed by atoms with Gasteiger partial charge in [-0.15, -0.1) is 0 Å². The van der Waals surface area contributed by atoms with Gasteiger partial charge in [-0.25, -0.2) is 10.2 Å². The normalized spacial score (nSPS) is 11.1. The second-order valence-electron chi connectivity index (χ2n) is 5.90. The molecule has 1 amide bonds. The van der Waals surface area contributed by atoms with Crippen molar-refractivity contribution in [2.45, 2.75) is 6.92 Å². The lowest BCUT2D eigenvalue weighted by atomic mass is 10.2. The maximum Gasteiger partial charge on any atom is 0.344 e. The van der Waals surface area contributed by atoms with Gasteiger partial charge >= 0.3 is 11.9 Å². The molecule has 156 valence electrons. The van der Waals surface area contributed by atoms with E-state index in [4.69, 9.17) is 13.9 Å². The van der Waals surface area contributed by atoms with Crippen LogP contribution in [-0.2, 0) is 9.53 Å². The Morgan fingerprint density at radius 1 is 1.23 bits per heavy atom. The molecule has 0 fully saturated rings. The number of hydrogen-bond acceptors (Lipinski definition) is 6. The van der Waals surface area contributed by atoms with Gasteiger partial charge in [-0.05, 0) is 87.4 Å². The number of nitrogens with zero attached hydrogens (tertiary/aromatic N) is 1. The Balaban J connectivity index is 1.65. The molecule has 0 aliphatic rings. The Morgan fingerprint density at radius 3 is 2.77 bits per heavy atom. The van der Waals surface area contributed by atoms with Crippen molar-refractivity contribution in [3.05, 3.63) is 60.2 Å². The molecule has 1 heterocycles. The Labute approximate surface area is 202 Å². The van der Waals surface area contributed by atoms with E-state index in [2.05, 4.69) is 65.0 Å². The summed E-state index contributed by atoms with van der Waals surface area (Å²) in [5.74, 6) is -0.203. The predicted molar refractivity (Wildman–Crippen MR) is 128 cm³/mol. The molecule has 0 aliphatic carbocycles. The SMILES string of the molecule is CCOC(=O)COc1c(Br)cc(/C=N/NC(=O)c2cc3cc(Br)ccc3o2)cc1I. The summed E-state index contributed by atoms with van der Waals surface area (Å²) in [5, 5.41) is 4.80. The molecule has 1 aromatic heterocycles. The van der Waals surface area contributed by atoms with Crippen molar-refractivity contribution >= 4 is 83.5 Å². The number of esters is 1. The van der Waals surface area contributed by atoms with E-state index in [9.17, 15) is 9.59 Å². The molecule has 1 N–H and O–H groups in total. The highest BCUT2D eigenvalue weighted by Gasteiger charge is 2.13. The van der Waals surface area contributed by atoms with Crippen LogP contribution in [0.15, 0.2) is 54.9 Å².